The molecule has 3 aromatic rings. The van der Waals surface area contributed by atoms with Crippen molar-refractivity contribution in [3.05, 3.63) is 75.8 Å². The normalized spacial score (nSPS) is 10.7. The van der Waals surface area contributed by atoms with Gasteiger partial charge in [0.15, 0.2) is 0 Å². The zero-order chi connectivity index (χ0) is 20.3. The fourth-order valence-electron chi connectivity index (χ4n) is 2.40. The number of hydrogen-bond acceptors (Lipinski definition) is 5. The molecule has 0 aliphatic rings. The Hall–Kier alpha value is -3.53. The Bertz CT molecular complexity index is 1030. The average molecular weight is 409 g/mol. The van der Waals surface area contributed by atoms with E-state index in [1.165, 1.54) is 53.6 Å². The van der Waals surface area contributed by atoms with Crippen LogP contribution in [0.25, 0.3) is 5.69 Å². The summed E-state index contributed by atoms with van der Waals surface area (Å²) in [5, 5.41) is 13.7. The van der Waals surface area contributed by atoms with Gasteiger partial charge < -0.3 is 14.6 Å². The number of carbonyl (C=O) groups is 1. The number of anilines is 1. The van der Waals surface area contributed by atoms with E-state index in [4.69, 9.17) is 11.6 Å². The average Bonchev–Trinajstić information content (AvgIpc) is 3.17. The van der Waals surface area contributed by atoms with E-state index in [1.54, 1.807) is 0 Å². The first-order valence-electron chi connectivity index (χ1n) is 7.67. The summed E-state index contributed by atoms with van der Waals surface area (Å²) in [5.74, 6) is -0.881. The van der Waals surface area contributed by atoms with Gasteiger partial charge in [-0.15, -0.1) is 0 Å². The van der Waals surface area contributed by atoms with Crippen molar-refractivity contribution >= 4 is 28.9 Å². The van der Waals surface area contributed by atoms with Gasteiger partial charge in [0.2, 0.25) is 0 Å². The Labute approximate surface area is 161 Å². The van der Waals surface area contributed by atoms with Crippen LogP contribution >= 0.6 is 11.6 Å². The zero-order valence-corrected chi connectivity index (χ0v) is 14.6. The van der Waals surface area contributed by atoms with E-state index < -0.39 is 17.4 Å². The van der Waals surface area contributed by atoms with Crippen LogP contribution in [0, 0.1) is 10.1 Å². The van der Waals surface area contributed by atoms with E-state index in [0.717, 1.165) is 6.07 Å². The number of alkyl halides is 2. The second kappa shape index (κ2) is 8.01. The molecule has 3 rings (SSSR count). The molecule has 0 atom stereocenters. The van der Waals surface area contributed by atoms with E-state index in [1.807, 2.05) is 0 Å². The molecule has 144 valence electrons. The minimum absolute atomic E-state index is 0.0274. The lowest BCUT2D eigenvalue weighted by atomic mass is 10.1. The van der Waals surface area contributed by atoms with Gasteiger partial charge in [-0.05, 0) is 30.3 Å². The molecule has 0 bridgehead atoms. The number of benzene rings is 2. The van der Waals surface area contributed by atoms with Crippen LogP contribution in [0.5, 0.6) is 5.75 Å². The number of nitro groups is 1. The number of nitrogens with one attached hydrogen (secondary N) is 1. The molecule has 1 aromatic heterocycles. The van der Waals surface area contributed by atoms with E-state index in [-0.39, 0.29) is 33.4 Å². The zero-order valence-electron chi connectivity index (χ0n) is 13.9. The number of halogens is 3. The van der Waals surface area contributed by atoms with Crippen LogP contribution in [0.1, 0.15) is 10.4 Å². The number of imidazole rings is 1. The van der Waals surface area contributed by atoms with Crippen LogP contribution in [0.2, 0.25) is 5.02 Å². The fourth-order valence-corrected chi connectivity index (χ4v) is 2.63. The van der Waals surface area contributed by atoms with Gasteiger partial charge in [-0.2, -0.15) is 8.78 Å². The summed E-state index contributed by atoms with van der Waals surface area (Å²) in [6.45, 7) is -3.03. The third-order valence-electron chi connectivity index (χ3n) is 3.62. The van der Waals surface area contributed by atoms with Gasteiger partial charge >= 0.3 is 6.61 Å². The largest absolute Gasteiger partial charge is 0.433 e. The summed E-state index contributed by atoms with van der Waals surface area (Å²) in [7, 11) is 0. The Balaban J connectivity index is 1.84. The number of rotatable bonds is 6. The second-order valence-electron chi connectivity index (χ2n) is 5.41. The predicted molar refractivity (Wildman–Crippen MR) is 96.3 cm³/mol. The first-order valence-corrected chi connectivity index (χ1v) is 8.05. The van der Waals surface area contributed by atoms with Crippen molar-refractivity contribution in [2.24, 2.45) is 0 Å². The summed E-state index contributed by atoms with van der Waals surface area (Å²) in [6, 6.07) is 7.67. The first-order chi connectivity index (χ1) is 13.3. The maximum atomic E-state index is 12.4. The highest BCUT2D eigenvalue weighted by molar-refractivity contribution is 6.32. The summed E-state index contributed by atoms with van der Waals surface area (Å²) in [5.41, 5.74) is 0.192. The summed E-state index contributed by atoms with van der Waals surface area (Å²) < 4.78 is 30.2. The minimum Gasteiger partial charge on any atom is -0.433 e. The molecular formula is C17H11ClF2N4O4. The highest BCUT2D eigenvalue weighted by Crippen LogP contribution is 2.30. The third kappa shape index (κ3) is 4.23. The molecule has 1 heterocycles. The van der Waals surface area contributed by atoms with Gasteiger partial charge in [0.1, 0.15) is 11.4 Å². The van der Waals surface area contributed by atoms with E-state index in [2.05, 4.69) is 15.0 Å². The summed E-state index contributed by atoms with van der Waals surface area (Å²) in [6.07, 6.45) is 4.40. The lowest BCUT2D eigenvalue weighted by Gasteiger charge is -2.10. The smallest absolute Gasteiger partial charge is 0.387 e. The molecule has 11 heteroatoms. The topological polar surface area (TPSA) is 99.3 Å². The van der Waals surface area contributed by atoms with Crippen LogP contribution < -0.4 is 10.1 Å². The molecule has 0 radical (unpaired) electrons. The van der Waals surface area contributed by atoms with Crippen molar-refractivity contribution in [2.45, 2.75) is 6.61 Å². The lowest BCUT2D eigenvalue weighted by molar-refractivity contribution is -0.384. The van der Waals surface area contributed by atoms with Crippen molar-refractivity contribution in [3.63, 3.8) is 0 Å². The van der Waals surface area contributed by atoms with Crippen LogP contribution in [-0.2, 0) is 0 Å². The third-order valence-corrected chi connectivity index (χ3v) is 3.92. The molecule has 0 aliphatic carbocycles. The van der Waals surface area contributed by atoms with Gasteiger partial charge in [0.25, 0.3) is 11.6 Å². The van der Waals surface area contributed by atoms with Crippen LogP contribution in [0.3, 0.4) is 0 Å². The molecule has 0 aliphatic heterocycles. The maximum Gasteiger partial charge on any atom is 0.387 e. The Morgan fingerprint density at radius 2 is 2.07 bits per heavy atom. The van der Waals surface area contributed by atoms with Crippen molar-refractivity contribution < 1.29 is 23.2 Å². The second-order valence-corrected chi connectivity index (χ2v) is 5.82. The van der Waals surface area contributed by atoms with E-state index in [9.17, 15) is 23.7 Å². The number of hydrogen-bond donors (Lipinski definition) is 1. The number of amides is 1. The molecule has 2 aromatic carbocycles. The van der Waals surface area contributed by atoms with Crippen LogP contribution in [-0.4, -0.2) is 27.0 Å². The SMILES string of the molecule is O=C(Nc1ccc(OC(F)F)c(Cl)c1)c1ccc(-n2ccnc2)c([N+](=O)[O-])c1. The predicted octanol–water partition coefficient (Wildman–Crippen LogP) is 4.29. The molecule has 0 saturated heterocycles. The van der Waals surface area contributed by atoms with E-state index in [0.29, 0.717) is 0 Å². The highest BCUT2D eigenvalue weighted by atomic mass is 35.5. The quantitative estimate of drug-likeness (QED) is 0.484. The van der Waals surface area contributed by atoms with Gasteiger partial charge in [-0.3, -0.25) is 14.9 Å². The summed E-state index contributed by atoms with van der Waals surface area (Å²) >= 11 is 5.84. The van der Waals surface area contributed by atoms with Crippen molar-refractivity contribution in [2.75, 3.05) is 5.32 Å². The summed E-state index contributed by atoms with van der Waals surface area (Å²) in [4.78, 5) is 27.0. The molecule has 28 heavy (non-hydrogen) atoms. The number of ether oxygens (including phenoxy) is 1. The Morgan fingerprint density at radius 1 is 1.29 bits per heavy atom. The van der Waals surface area contributed by atoms with Gasteiger partial charge in [0.05, 0.1) is 16.3 Å². The highest BCUT2D eigenvalue weighted by Gasteiger charge is 2.19. The number of nitro benzene ring substituents is 1. The van der Waals surface area contributed by atoms with Crippen LogP contribution in [0.15, 0.2) is 55.1 Å². The molecule has 0 fully saturated rings. The lowest BCUT2D eigenvalue weighted by Crippen LogP contribution is -2.13. The minimum atomic E-state index is -3.03. The van der Waals surface area contributed by atoms with Crippen molar-refractivity contribution in [1.29, 1.82) is 0 Å². The number of aromatic nitrogens is 2. The standard InChI is InChI=1S/C17H11ClF2N4O4/c18-12-8-11(2-4-15(12)28-17(19)20)22-16(25)10-1-3-13(14(7-10)24(26)27)23-6-5-21-9-23/h1-9,17H,(H,22,25). The Morgan fingerprint density at radius 3 is 2.68 bits per heavy atom. The number of carbonyl (C=O) groups excluding carboxylic acids is 1. The van der Waals surface area contributed by atoms with Crippen LogP contribution in [0.4, 0.5) is 20.2 Å². The molecule has 8 nitrogen and oxygen atoms in total. The molecule has 1 N–H and O–H groups in total. The van der Waals surface area contributed by atoms with Crippen molar-refractivity contribution in [1.82, 2.24) is 9.55 Å². The monoisotopic (exact) mass is 408 g/mol. The Kier molecular flexibility index (Phi) is 5.50. The molecular weight excluding hydrogens is 398 g/mol. The fraction of sp³-hybridized carbons (Fsp3) is 0.0588. The molecule has 0 unspecified atom stereocenters. The van der Waals surface area contributed by atoms with Gasteiger partial charge in [0, 0.05) is 29.7 Å². The van der Waals surface area contributed by atoms with E-state index >= 15 is 0 Å². The van der Waals surface area contributed by atoms with Gasteiger partial charge in [-0.25, -0.2) is 4.98 Å². The molecule has 1 amide bonds. The first kappa shape index (κ1) is 19.2. The molecule has 0 spiro atoms. The maximum absolute atomic E-state index is 12.4. The number of nitrogens with zero attached hydrogens (tertiary/aromatic N) is 3. The molecule has 0 saturated carbocycles. The van der Waals surface area contributed by atoms with Crippen molar-refractivity contribution in [3.8, 4) is 11.4 Å². The van der Waals surface area contributed by atoms with Gasteiger partial charge in [-0.1, -0.05) is 11.6 Å².